The van der Waals surface area contributed by atoms with E-state index < -0.39 is 41.9 Å². The number of aromatic nitrogens is 3. The number of carboxylic acids is 1. The second kappa shape index (κ2) is 10.6. The molecule has 1 aromatic carbocycles. The van der Waals surface area contributed by atoms with Crippen LogP contribution in [0.1, 0.15) is 86.6 Å². The second-order valence-corrected chi connectivity index (χ2v) is 11.0. The number of benzene rings is 1. The van der Waals surface area contributed by atoms with Gasteiger partial charge in [0, 0.05) is 17.8 Å². The number of fused-ring (bicyclic) bond motifs is 2. The van der Waals surface area contributed by atoms with Crippen molar-refractivity contribution in [1.82, 2.24) is 14.8 Å². The van der Waals surface area contributed by atoms with E-state index in [0.717, 1.165) is 11.1 Å². The van der Waals surface area contributed by atoms with Crippen molar-refractivity contribution < 1.29 is 50.8 Å². The third kappa shape index (κ3) is 5.59. The first kappa shape index (κ1) is 29.1. The maximum atomic E-state index is 14.2. The van der Waals surface area contributed by atoms with Gasteiger partial charge in [0.05, 0.1) is 11.4 Å². The molecule has 0 bridgehead atoms. The molecule has 3 heterocycles. The highest BCUT2D eigenvalue weighted by atomic mass is 19.4. The van der Waals surface area contributed by atoms with Gasteiger partial charge in [-0.2, -0.15) is 18.3 Å². The quantitative estimate of drug-likeness (QED) is 0.288. The number of aliphatic carboxylic acids is 1. The van der Waals surface area contributed by atoms with E-state index in [1.54, 1.807) is 6.92 Å². The Morgan fingerprint density at radius 3 is 2.56 bits per heavy atom. The number of hydrogen-bond acceptors (Lipinski definition) is 7. The minimum atomic E-state index is -4.75. The lowest BCUT2D eigenvalue weighted by molar-refractivity contribution is -0.286. The summed E-state index contributed by atoms with van der Waals surface area (Å²) in [6.45, 7) is 1.64. The number of pyridine rings is 1. The molecule has 1 unspecified atom stereocenters. The molecule has 3 aromatic rings. The topological polar surface area (TPSA) is 105 Å². The molecule has 9 nitrogen and oxygen atoms in total. The third-order valence-corrected chi connectivity index (χ3v) is 8.06. The van der Waals surface area contributed by atoms with Crippen LogP contribution in [0.4, 0.5) is 22.0 Å². The van der Waals surface area contributed by atoms with E-state index in [0.29, 0.717) is 31.2 Å². The molecule has 3 aliphatic rings. The van der Waals surface area contributed by atoms with Gasteiger partial charge in [-0.15, -0.1) is 8.78 Å². The van der Waals surface area contributed by atoms with Crippen LogP contribution in [0.2, 0.25) is 0 Å². The van der Waals surface area contributed by atoms with Crippen LogP contribution in [0, 0.1) is 0 Å². The zero-order valence-corrected chi connectivity index (χ0v) is 23.0. The number of ether oxygens (including phenoxy) is 4. The molecule has 2 aliphatic carbocycles. The summed E-state index contributed by atoms with van der Waals surface area (Å²) in [5.74, 6) is -1.37. The highest BCUT2D eigenvalue weighted by Crippen LogP contribution is 2.46. The minimum Gasteiger partial charge on any atom is -0.479 e. The molecule has 6 rings (SSSR count). The Balaban J connectivity index is 1.33. The Hall–Kier alpha value is -3.94. The molecular formula is C29H28F5N3O6. The molecule has 1 saturated carbocycles. The van der Waals surface area contributed by atoms with Crippen LogP contribution in [0.15, 0.2) is 36.5 Å². The second-order valence-electron chi connectivity index (χ2n) is 11.0. The van der Waals surface area contributed by atoms with E-state index >= 15 is 0 Å². The average molecular weight is 610 g/mol. The fourth-order valence-electron chi connectivity index (χ4n) is 6.02. The maximum Gasteiger partial charge on any atom is 0.586 e. The fourth-order valence-corrected chi connectivity index (χ4v) is 6.02. The van der Waals surface area contributed by atoms with Crippen molar-refractivity contribution >= 4 is 5.97 Å². The predicted molar refractivity (Wildman–Crippen MR) is 138 cm³/mol. The number of carboxylic acid groups (broad SMARTS) is 1. The van der Waals surface area contributed by atoms with Crippen molar-refractivity contribution in [2.45, 2.75) is 88.6 Å². The number of carbonyl (C=O) groups is 1. The first-order chi connectivity index (χ1) is 20.4. The van der Waals surface area contributed by atoms with Crippen molar-refractivity contribution in [1.29, 1.82) is 0 Å². The van der Waals surface area contributed by atoms with Crippen molar-refractivity contribution in [3.05, 3.63) is 59.0 Å². The van der Waals surface area contributed by atoms with Gasteiger partial charge in [-0.3, -0.25) is 0 Å². The van der Waals surface area contributed by atoms with Gasteiger partial charge in [-0.05, 0) is 75.6 Å². The Bertz CT molecular complexity index is 1540. The summed E-state index contributed by atoms with van der Waals surface area (Å²) in [6.07, 6.45) is -5.30. The Morgan fingerprint density at radius 2 is 1.84 bits per heavy atom. The highest BCUT2D eigenvalue weighted by Gasteiger charge is 2.47. The van der Waals surface area contributed by atoms with Crippen LogP contribution in [-0.4, -0.2) is 37.7 Å². The molecule has 230 valence electrons. The van der Waals surface area contributed by atoms with E-state index in [4.69, 9.17) is 9.47 Å². The van der Waals surface area contributed by atoms with Gasteiger partial charge in [0.25, 0.3) is 0 Å². The molecule has 14 heteroatoms. The normalized spacial score (nSPS) is 21.2. The molecule has 1 N–H and O–H groups in total. The lowest BCUT2D eigenvalue weighted by Gasteiger charge is -2.38. The summed E-state index contributed by atoms with van der Waals surface area (Å²) in [4.78, 5) is 16.5. The van der Waals surface area contributed by atoms with E-state index in [2.05, 4.69) is 19.6 Å². The summed E-state index contributed by atoms with van der Waals surface area (Å²) in [6, 6.07) is 7.05. The van der Waals surface area contributed by atoms with Gasteiger partial charge in [-0.25, -0.2) is 14.5 Å². The van der Waals surface area contributed by atoms with Crippen molar-refractivity contribution in [2.75, 3.05) is 0 Å². The molecule has 0 spiro atoms. The summed E-state index contributed by atoms with van der Waals surface area (Å²) in [5.41, 5.74) is -1.73. The molecule has 2 atom stereocenters. The number of rotatable bonds is 7. The van der Waals surface area contributed by atoms with E-state index in [1.165, 1.54) is 36.5 Å². The number of hydrogen-bond donors (Lipinski definition) is 1. The van der Waals surface area contributed by atoms with Gasteiger partial charge in [0.2, 0.25) is 5.88 Å². The summed E-state index contributed by atoms with van der Waals surface area (Å²) in [5, 5.41) is 14.0. The standard InChI is InChI=1S/C29H28F5N3O6/c1-16(17-8-9-20-22(14-17)43-29(33,34)42-20)40-23-15-18(10-13-35-23)37-24-19(25(36-37)28(30,31)32)6-5-7-21(24)41-27(26(38)39)11-3-2-4-12-27/h8-10,13-16,21H,2-7,11-12H2,1H3,(H,38,39)/t16-,21?/m1/s1. The summed E-state index contributed by atoms with van der Waals surface area (Å²) in [7, 11) is 0. The van der Waals surface area contributed by atoms with Crippen LogP contribution in [0.3, 0.4) is 0 Å². The molecule has 0 radical (unpaired) electrons. The first-order valence-corrected chi connectivity index (χ1v) is 14.0. The minimum absolute atomic E-state index is 0.0232. The van der Waals surface area contributed by atoms with Crippen LogP contribution in [-0.2, 0) is 22.1 Å². The SMILES string of the molecule is C[C@@H](Oc1cc(-n2nc(C(F)(F)F)c3c2C(OC2(C(=O)O)CCCCC2)CCC3)ccn1)c1ccc2c(c1)OC(F)(F)O2. The molecule has 2 aromatic heterocycles. The number of halogens is 5. The predicted octanol–water partition coefficient (Wildman–Crippen LogP) is 6.93. The molecule has 0 saturated heterocycles. The van der Waals surface area contributed by atoms with Crippen LogP contribution in [0.5, 0.6) is 17.4 Å². The maximum absolute atomic E-state index is 14.2. The van der Waals surface area contributed by atoms with E-state index in [1.807, 2.05) is 0 Å². The first-order valence-electron chi connectivity index (χ1n) is 14.0. The molecule has 1 fully saturated rings. The van der Waals surface area contributed by atoms with Gasteiger partial charge in [-0.1, -0.05) is 12.5 Å². The monoisotopic (exact) mass is 609 g/mol. The van der Waals surface area contributed by atoms with Crippen molar-refractivity contribution in [3.63, 3.8) is 0 Å². The Labute approximate surface area is 242 Å². The molecule has 0 amide bonds. The number of nitrogens with zero attached hydrogens (tertiary/aromatic N) is 3. The smallest absolute Gasteiger partial charge is 0.479 e. The lowest BCUT2D eigenvalue weighted by Crippen LogP contribution is -2.45. The Morgan fingerprint density at radius 1 is 1.09 bits per heavy atom. The summed E-state index contributed by atoms with van der Waals surface area (Å²) < 4.78 is 91.6. The highest BCUT2D eigenvalue weighted by molar-refractivity contribution is 5.77. The Kier molecular flexibility index (Phi) is 7.22. The van der Waals surface area contributed by atoms with Gasteiger partial charge in [0.15, 0.2) is 22.8 Å². The largest absolute Gasteiger partial charge is 0.586 e. The van der Waals surface area contributed by atoms with Gasteiger partial charge < -0.3 is 24.1 Å². The molecular weight excluding hydrogens is 581 g/mol. The van der Waals surface area contributed by atoms with Gasteiger partial charge in [0.1, 0.15) is 12.2 Å². The number of alkyl halides is 5. The summed E-state index contributed by atoms with van der Waals surface area (Å²) >= 11 is 0. The van der Waals surface area contributed by atoms with Crippen LogP contribution in [0.25, 0.3) is 5.69 Å². The van der Waals surface area contributed by atoms with Crippen molar-refractivity contribution in [3.8, 4) is 23.1 Å². The molecule has 1 aliphatic heterocycles. The lowest BCUT2D eigenvalue weighted by atomic mass is 9.83. The van der Waals surface area contributed by atoms with Gasteiger partial charge >= 0.3 is 18.4 Å². The third-order valence-electron chi connectivity index (χ3n) is 8.06. The van der Waals surface area contributed by atoms with E-state index in [9.17, 15) is 31.9 Å². The average Bonchev–Trinajstić information content (AvgIpc) is 3.50. The van der Waals surface area contributed by atoms with Crippen LogP contribution >= 0.6 is 0 Å². The van der Waals surface area contributed by atoms with E-state index in [-0.39, 0.29) is 53.6 Å². The fraction of sp³-hybridized carbons (Fsp3) is 0.483. The van der Waals surface area contributed by atoms with Crippen LogP contribution < -0.4 is 14.2 Å². The molecule has 43 heavy (non-hydrogen) atoms. The zero-order valence-electron chi connectivity index (χ0n) is 23.0. The zero-order chi connectivity index (χ0) is 30.6. The van der Waals surface area contributed by atoms with Crippen molar-refractivity contribution in [2.24, 2.45) is 0 Å².